The minimum Gasteiger partial charge on any atom is -0.468 e. The van der Waals surface area contributed by atoms with Crippen LogP contribution in [0.3, 0.4) is 0 Å². The fraction of sp³-hybridized carbons (Fsp3) is 0.438. The van der Waals surface area contributed by atoms with Crippen LogP contribution in [0.2, 0.25) is 0 Å². The van der Waals surface area contributed by atoms with Gasteiger partial charge in [-0.3, -0.25) is 4.79 Å². The van der Waals surface area contributed by atoms with E-state index in [0.29, 0.717) is 25.0 Å². The quantitative estimate of drug-likeness (QED) is 0.721. The maximum absolute atomic E-state index is 11.5. The minimum absolute atomic E-state index is 0.334. The van der Waals surface area contributed by atoms with E-state index in [1.54, 1.807) is 19.1 Å². The third-order valence-electron chi connectivity index (χ3n) is 3.06. The van der Waals surface area contributed by atoms with Crippen LogP contribution in [0.1, 0.15) is 35.7 Å². The third kappa shape index (κ3) is 5.27. The van der Waals surface area contributed by atoms with Gasteiger partial charge in [-0.15, -0.1) is 0 Å². The molecule has 0 aliphatic heterocycles. The van der Waals surface area contributed by atoms with Crippen molar-refractivity contribution in [2.75, 3.05) is 13.7 Å². The SMILES string of the molecule is CCOC(=O)c1ccc(CCCC(C#N)C(=O)OC)cc1. The fourth-order valence-corrected chi connectivity index (χ4v) is 1.91. The molecule has 0 saturated carbocycles. The molecule has 5 heteroatoms. The molecule has 0 amide bonds. The van der Waals surface area contributed by atoms with Crippen molar-refractivity contribution in [1.29, 1.82) is 5.26 Å². The molecule has 1 rings (SSSR count). The number of ether oxygens (including phenoxy) is 2. The lowest BCUT2D eigenvalue weighted by Gasteiger charge is -2.07. The summed E-state index contributed by atoms with van der Waals surface area (Å²) >= 11 is 0. The number of benzene rings is 1. The van der Waals surface area contributed by atoms with Crippen molar-refractivity contribution in [3.8, 4) is 6.07 Å². The zero-order chi connectivity index (χ0) is 15.7. The maximum atomic E-state index is 11.5. The Bertz CT molecular complexity index is 516. The van der Waals surface area contributed by atoms with Crippen molar-refractivity contribution >= 4 is 11.9 Å². The topological polar surface area (TPSA) is 76.4 Å². The summed E-state index contributed by atoms with van der Waals surface area (Å²) in [6.07, 6.45) is 1.90. The van der Waals surface area contributed by atoms with Crippen LogP contribution < -0.4 is 0 Å². The van der Waals surface area contributed by atoms with Crippen LogP contribution in [0, 0.1) is 17.2 Å². The number of methoxy groups -OCH3 is 1. The van der Waals surface area contributed by atoms with Crippen LogP contribution in [0.15, 0.2) is 24.3 Å². The highest BCUT2D eigenvalue weighted by Crippen LogP contribution is 2.13. The van der Waals surface area contributed by atoms with E-state index < -0.39 is 11.9 Å². The van der Waals surface area contributed by atoms with E-state index >= 15 is 0 Å². The highest BCUT2D eigenvalue weighted by atomic mass is 16.5. The lowest BCUT2D eigenvalue weighted by molar-refractivity contribution is -0.143. The van der Waals surface area contributed by atoms with Crippen molar-refractivity contribution in [3.05, 3.63) is 35.4 Å². The molecule has 0 radical (unpaired) electrons. The van der Waals surface area contributed by atoms with Gasteiger partial charge in [0, 0.05) is 0 Å². The van der Waals surface area contributed by atoms with E-state index in [9.17, 15) is 9.59 Å². The van der Waals surface area contributed by atoms with E-state index in [-0.39, 0.29) is 5.97 Å². The van der Waals surface area contributed by atoms with Gasteiger partial charge in [0.05, 0.1) is 25.3 Å². The third-order valence-corrected chi connectivity index (χ3v) is 3.06. The smallest absolute Gasteiger partial charge is 0.338 e. The standard InChI is InChI=1S/C16H19NO4/c1-3-21-16(19)13-9-7-12(8-10-13)5-4-6-14(11-17)15(18)20-2/h7-10,14H,3-6H2,1-2H3. The van der Waals surface area contributed by atoms with Crippen molar-refractivity contribution in [3.63, 3.8) is 0 Å². The summed E-state index contributed by atoms with van der Waals surface area (Å²) in [4.78, 5) is 22.8. The van der Waals surface area contributed by atoms with Crippen LogP contribution in [-0.4, -0.2) is 25.7 Å². The van der Waals surface area contributed by atoms with Gasteiger partial charge in [0.2, 0.25) is 0 Å². The van der Waals surface area contributed by atoms with Crippen molar-refractivity contribution < 1.29 is 19.1 Å². The molecule has 0 bridgehead atoms. The lowest BCUT2D eigenvalue weighted by Crippen LogP contribution is -2.14. The van der Waals surface area contributed by atoms with Gasteiger partial charge in [0.25, 0.3) is 0 Å². The van der Waals surface area contributed by atoms with Crippen molar-refractivity contribution in [2.45, 2.75) is 26.2 Å². The van der Waals surface area contributed by atoms with Gasteiger partial charge in [-0.05, 0) is 43.9 Å². The molecule has 0 aliphatic rings. The number of carbonyl (C=O) groups excluding carboxylic acids is 2. The zero-order valence-electron chi connectivity index (χ0n) is 12.3. The summed E-state index contributed by atoms with van der Waals surface area (Å²) < 4.78 is 9.47. The molecular weight excluding hydrogens is 270 g/mol. The number of nitriles is 1. The van der Waals surface area contributed by atoms with Crippen molar-refractivity contribution in [1.82, 2.24) is 0 Å². The van der Waals surface area contributed by atoms with E-state index in [4.69, 9.17) is 10.00 Å². The molecule has 21 heavy (non-hydrogen) atoms. The normalized spacial score (nSPS) is 11.3. The number of aryl methyl sites for hydroxylation is 1. The number of nitrogens with zero attached hydrogens (tertiary/aromatic N) is 1. The number of hydrogen-bond donors (Lipinski definition) is 0. The molecule has 1 aromatic rings. The molecule has 0 aromatic heterocycles. The average Bonchev–Trinajstić information content (AvgIpc) is 2.51. The van der Waals surface area contributed by atoms with Gasteiger partial charge in [0.1, 0.15) is 5.92 Å². The van der Waals surface area contributed by atoms with E-state index in [2.05, 4.69) is 4.74 Å². The fourth-order valence-electron chi connectivity index (χ4n) is 1.91. The molecular formula is C16H19NO4. The molecule has 0 saturated heterocycles. The Hall–Kier alpha value is -2.35. The van der Waals surface area contributed by atoms with Crippen molar-refractivity contribution in [2.24, 2.45) is 5.92 Å². The molecule has 1 atom stereocenters. The Balaban J connectivity index is 2.48. The second-order valence-electron chi connectivity index (χ2n) is 4.51. The summed E-state index contributed by atoms with van der Waals surface area (Å²) in [5.41, 5.74) is 1.56. The number of esters is 2. The second-order valence-corrected chi connectivity index (χ2v) is 4.51. The van der Waals surface area contributed by atoms with Crippen LogP contribution in [-0.2, 0) is 20.7 Å². The molecule has 5 nitrogen and oxygen atoms in total. The van der Waals surface area contributed by atoms with E-state index in [1.807, 2.05) is 18.2 Å². The van der Waals surface area contributed by atoms with Crippen LogP contribution in [0.5, 0.6) is 0 Å². The lowest BCUT2D eigenvalue weighted by atomic mass is 10.00. The summed E-state index contributed by atoms with van der Waals surface area (Å²) in [5.74, 6) is -1.54. The first-order valence-electron chi connectivity index (χ1n) is 6.85. The summed E-state index contributed by atoms with van der Waals surface area (Å²) in [5, 5.41) is 8.87. The van der Waals surface area contributed by atoms with Gasteiger partial charge in [-0.1, -0.05) is 12.1 Å². The highest BCUT2D eigenvalue weighted by Gasteiger charge is 2.17. The molecule has 0 aliphatic carbocycles. The van der Waals surface area contributed by atoms with Gasteiger partial charge in [-0.2, -0.15) is 5.26 Å². The van der Waals surface area contributed by atoms with E-state index in [0.717, 1.165) is 12.0 Å². The van der Waals surface area contributed by atoms with Crippen LogP contribution in [0.25, 0.3) is 0 Å². The summed E-state index contributed by atoms with van der Waals surface area (Å²) in [7, 11) is 1.28. The molecule has 112 valence electrons. The molecule has 1 unspecified atom stereocenters. The average molecular weight is 289 g/mol. The number of carbonyl (C=O) groups is 2. The van der Waals surface area contributed by atoms with Gasteiger partial charge in [0.15, 0.2) is 0 Å². The predicted molar refractivity (Wildman–Crippen MR) is 76.5 cm³/mol. The summed E-state index contributed by atoms with van der Waals surface area (Å²) in [6.45, 7) is 2.11. The Morgan fingerprint density at radius 3 is 2.48 bits per heavy atom. The Morgan fingerprint density at radius 2 is 1.95 bits per heavy atom. The Morgan fingerprint density at radius 1 is 1.29 bits per heavy atom. The molecule has 0 N–H and O–H groups in total. The minimum atomic E-state index is -0.714. The first-order valence-corrected chi connectivity index (χ1v) is 6.85. The van der Waals surface area contributed by atoms with Crippen LogP contribution >= 0.6 is 0 Å². The van der Waals surface area contributed by atoms with Gasteiger partial charge < -0.3 is 9.47 Å². The number of rotatable bonds is 7. The molecule has 0 spiro atoms. The second kappa shape index (κ2) is 8.75. The van der Waals surface area contributed by atoms with Gasteiger partial charge >= 0.3 is 11.9 Å². The first-order chi connectivity index (χ1) is 10.1. The number of hydrogen-bond acceptors (Lipinski definition) is 5. The van der Waals surface area contributed by atoms with Gasteiger partial charge in [-0.25, -0.2) is 4.79 Å². The summed E-state index contributed by atoms with van der Waals surface area (Å²) in [6, 6.07) is 9.08. The largest absolute Gasteiger partial charge is 0.468 e. The molecule has 0 fully saturated rings. The maximum Gasteiger partial charge on any atom is 0.338 e. The Labute approximate surface area is 124 Å². The Kier molecular flexibility index (Phi) is 6.96. The first kappa shape index (κ1) is 16.7. The molecule has 1 aromatic carbocycles. The van der Waals surface area contributed by atoms with Crippen LogP contribution in [0.4, 0.5) is 0 Å². The highest BCUT2D eigenvalue weighted by molar-refractivity contribution is 5.89. The van der Waals surface area contributed by atoms with E-state index in [1.165, 1.54) is 7.11 Å². The zero-order valence-corrected chi connectivity index (χ0v) is 12.3. The monoisotopic (exact) mass is 289 g/mol. The predicted octanol–water partition coefficient (Wildman–Crippen LogP) is 2.50. The molecule has 0 heterocycles.